The molecule has 58 heavy (non-hydrogen) atoms. The largest absolute Gasteiger partial charge is 0.461 e. The van der Waals surface area contributed by atoms with E-state index in [0.29, 0.717) is 0 Å². The van der Waals surface area contributed by atoms with Crippen LogP contribution in [0.2, 0.25) is 0 Å². The van der Waals surface area contributed by atoms with E-state index in [0.717, 1.165) is 13.8 Å². The SMILES string of the molecule is CC(=O)O[C@H]1[C@@H](O)[C@@H](OC(=O)CC(C)C)[C@]2(CO2)[C@@H]2[C@H](OC(C)=O)[C@@]3(O)[C@H](/C=C(COC(=O)CC(C)C)\C=C/[C@@H](OC(=O)COC(=O)CC(C)C)[C@@]12C)OC(=O)[C@@H]3C. The first-order chi connectivity index (χ1) is 27.0. The number of hydrogen-bond acceptors (Lipinski definition) is 17. The fraction of sp³-hybridized carbons (Fsp3) is 0.732. The van der Waals surface area contributed by atoms with Crippen molar-refractivity contribution in [1.29, 1.82) is 0 Å². The van der Waals surface area contributed by atoms with Crippen molar-refractivity contribution in [3.8, 4) is 0 Å². The van der Waals surface area contributed by atoms with E-state index in [4.69, 9.17) is 37.9 Å². The average Bonchev–Trinajstić information content (AvgIpc) is 3.85. The summed E-state index contributed by atoms with van der Waals surface area (Å²) in [5.74, 6) is -9.16. The maximum atomic E-state index is 13.7. The summed E-state index contributed by atoms with van der Waals surface area (Å²) in [4.78, 5) is 91.8. The fourth-order valence-electron chi connectivity index (χ4n) is 8.25. The van der Waals surface area contributed by atoms with Crippen LogP contribution in [0.3, 0.4) is 0 Å². The second-order valence-electron chi connectivity index (χ2n) is 17.1. The molecule has 0 aromatic heterocycles. The van der Waals surface area contributed by atoms with Gasteiger partial charge in [-0.1, -0.05) is 54.5 Å². The lowest BCUT2D eigenvalue weighted by Gasteiger charge is -2.58. The van der Waals surface area contributed by atoms with E-state index >= 15 is 0 Å². The van der Waals surface area contributed by atoms with Gasteiger partial charge in [0.05, 0.1) is 17.9 Å². The zero-order valence-corrected chi connectivity index (χ0v) is 34.8. The Hall–Kier alpha value is -4.35. The van der Waals surface area contributed by atoms with E-state index in [1.165, 1.54) is 32.1 Å². The van der Waals surface area contributed by atoms with Crippen molar-refractivity contribution in [3.05, 3.63) is 23.8 Å². The predicted molar refractivity (Wildman–Crippen MR) is 199 cm³/mol. The summed E-state index contributed by atoms with van der Waals surface area (Å²) >= 11 is 0. The van der Waals surface area contributed by atoms with E-state index in [-0.39, 0.29) is 49.2 Å². The van der Waals surface area contributed by atoms with Gasteiger partial charge in [-0.3, -0.25) is 28.8 Å². The lowest BCUT2D eigenvalue weighted by molar-refractivity contribution is -0.277. The van der Waals surface area contributed by atoms with E-state index in [2.05, 4.69) is 0 Å². The van der Waals surface area contributed by atoms with Gasteiger partial charge in [-0.15, -0.1) is 0 Å². The third-order valence-corrected chi connectivity index (χ3v) is 10.9. The number of aliphatic hydroxyl groups is 2. The molecule has 2 aliphatic heterocycles. The minimum atomic E-state index is -2.48. The molecule has 1 saturated carbocycles. The molecule has 1 spiro atoms. The summed E-state index contributed by atoms with van der Waals surface area (Å²) in [6, 6.07) is 0. The molecule has 0 unspecified atom stereocenters. The Morgan fingerprint density at radius 1 is 0.793 bits per heavy atom. The number of hydrogen-bond donors (Lipinski definition) is 2. The third-order valence-electron chi connectivity index (χ3n) is 10.9. The van der Waals surface area contributed by atoms with Crippen molar-refractivity contribution >= 4 is 41.8 Å². The molecule has 4 rings (SSSR count). The number of ether oxygens (including phenoxy) is 8. The lowest BCUT2D eigenvalue weighted by Crippen LogP contribution is -2.75. The first kappa shape index (κ1) is 46.3. The normalized spacial score (nSPS) is 35.4. The molecule has 2 N–H and O–H groups in total. The molecule has 11 atom stereocenters. The van der Waals surface area contributed by atoms with Gasteiger partial charge in [0.15, 0.2) is 24.4 Å². The minimum absolute atomic E-state index is 0.000367. The van der Waals surface area contributed by atoms with Crippen LogP contribution < -0.4 is 0 Å². The van der Waals surface area contributed by atoms with Gasteiger partial charge in [-0.05, 0) is 42.4 Å². The molecule has 17 heteroatoms. The number of rotatable bonds is 14. The van der Waals surface area contributed by atoms with Crippen molar-refractivity contribution in [2.24, 2.45) is 35.0 Å². The van der Waals surface area contributed by atoms with Crippen molar-refractivity contribution in [3.63, 3.8) is 0 Å². The van der Waals surface area contributed by atoms with Crippen molar-refractivity contribution in [1.82, 2.24) is 0 Å². The fourth-order valence-corrected chi connectivity index (χ4v) is 8.25. The highest BCUT2D eigenvalue weighted by Gasteiger charge is 2.80. The minimum Gasteiger partial charge on any atom is -0.461 e. The van der Waals surface area contributed by atoms with Crippen LogP contribution in [-0.4, -0.2) is 120 Å². The summed E-state index contributed by atoms with van der Waals surface area (Å²) in [5, 5.41) is 25.3. The van der Waals surface area contributed by atoms with Crippen LogP contribution in [0.15, 0.2) is 23.8 Å². The molecule has 324 valence electrons. The lowest BCUT2D eigenvalue weighted by atomic mass is 9.51. The van der Waals surface area contributed by atoms with Crippen molar-refractivity contribution in [2.45, 2.75) is 136 Å². The summed E-state index contributed by atoms with van der Waals surface area (Å²) in [6.45, 7) is 14.1. The van der Waals surface area contributed by atoms with E-state index in [9.17, 15) is 43.8 Å². The molecule has 0 amide bonds. The Labute approximate surface area is 338 Å². The van der Waals surface area contributed by atoms with Gasteiger partial charge in [0.2, 0.25) is 0 Å². The highest BCUT2D eigenvalue weighted by atomic mass is 16.7. The van der Waals surface area contributed by atoms with E-state index in [1.54, 1.807) is 27.7 Å². The van der Waals surface area contributed by atoms with Crippen LogP contribution in [-0.2, 0) is 71.5 Å². The van der Waals surface area contributed by atoms with Crippen LogP contribution in [0.4, 0.5) is 0 Å². The maximum Gasteiger partial charge on any atom is 0.344 e. The monoisotopic (exact) mass is 822 g/mol. The van der Waals surface area contributed by atoms with E-state index in [1.807, 2.05) is 13.8 Å². The predicted octanol–water partition coefficient (Wildman–Crippen LogP) is 2.45. The highest BCUT2D eigenvalue weighted by molar-refractivity contribution is 5.78. The van der Waals surface area contributed by atoms with Crippen LogP contribution >= 0.6 is 0 Å². The number of epoxide rings is 1. The molecule has 17 nitrogen and oxygen atoms in total. The summed E-state index contributed by atoms with van der Waals surface area (Å²) < 4.78 is 46.4. The molecule has 0 radical (unpaired) electrons. The van der Waals surface area contributed by atoms with Crippen LogP contribution in [0.25, 0.3) is 0 Å². The smallest absolute Gasteiger partial charge is 0.344 e. The topological polar surface area (TPSA) is 237 Å². The molecule has 0 aromatic rings. The Morgan fingerprint density at radius 3 is 1.86 bits per heavy atom. The van der Waals surface area contributed by atoms with Gasteiger partial charge in [0, 0.05) is 39.0 Å². The molecule has 2 aliphatic carbocycles. The zero-order valence-electron chi connectivity index (χ0n) is 34.8. The zero-order chi connectivity index (χ0) is 43.5. The number of carbonyl (C=O) groups excluding carboxylic acids is 7. The molecule has 0 aromatic carbocycles. The van der Waals surface area contributed by atoms with Crippen LogP contribution in [0, 0.1) is 35.0 Å². The number of aliphatic hydroxyl groups excluding tert-OH is 1. The molecule has 4 aliphatic rings. The van der Waals surface area contributed by atoms with Gasteiger partial charge < -0.3 is 48.1 Å². The number of carbonyl (C=O) groups is 7. The second-order valence-corrected chi connectivity index (χ2v) is 17.1. The molecule has 3 fully saturated rings. The molecule has 2 heterocycles. The van der Waals surface area contributed by atoms with Crippen molar-refractivity contribution < 1.29 is 81.7 Å². The first-order valence-electron chi connectivity index (χ1n) is 19.7. The maximum absolute atomic E-state index is 13.7. The molecule has 0 bridgehead atoms. The second kappa shape index (κ2) is 18.3. The van der Waals surface area contributed by atoms with Crippen LogP contribution in [0.5, 0.6) is 0 Å². The Morgan fingerprint density at radius 2 is 1.33 bits per heavy atom. The summed E-state index contributed by atoms with van der Waals surface area (Å²) in [7, 11) is 0. The van der Waals surface area contributed by atoms with Crippen molar-refractivity contribution in [2.75, 3.05) is 19.8 Å². The van der Waals surface area contributed by atoms with Gasteiger partial charge in [-0.25, -0.2) is 4.79 Å². The molecular formula is C41H58O17. The average molecular weight is 823 g/mol. The first-order valence-corrected chi connectivity index (χ1v) is 19.7. The standard InChI is InChI=1S/C41H58O17/c1-20(2)13-29(44)51-17-26-11-12-27(56-32(47)18-52-30(45)14-21(3)4)39(10)34(37(55-25(9)43)41(50)23(7)38(49)57-28(41)16-26)40(19-53-40)36(58-31(46)15-22(5)6)33(48)35(39)54-24(8)42/h11-12,16,20-23,27-28,33-37,48,50H,13-15,17-19H2,1-10H3/b12-11-,26-16+/t23-,27+,28-,33+,34+,35-,36+,37-,39+,40-,41-/m0/s1. The number of esters is 7. The Balaban J connectivity index is 2.03. The van der Waals surface area contributed by atoms with Gasteiger partial charge in [0.25, 0.3) is 0 Å². The quantitative estimate of drug-likeness (QED) is 0.145. The van der Waals surface area contributed by atoms with Gasteiger partial charge >= 0.3 is 41.8 Å². The molecule has 2 saturated heterocycles. The highest BCUT2D eigenvalue weighted by Crippen LogP contribution is 2.62. The van der Waals surface area contributed by atoms with Gasteiger partial charge in [0.1, 0.15) is 36.6 Å². The summed E-state index contributed by atoms with van der Waals surface area (Å²) in [5.41, 5.74) is -6.20. The Bertz CT molecular complexity index is 1660. The number of fused-ring (bicyclic) bond motifs is 3. The van der Waals surface area contributed by atoms with Gasteiger partial charge in [-0.2, -0.15) is 0 Å². The summed E-state index contributed by atoms with van der Waals surface area (Å²) in [6.07, 6.45) is -6.39. The Kier molecular flexibility index (Phi) is 14.6. The molecular weight excluding hydrogens is 764 g/mol. The third kappa shape index (κ3) is 9.91. The van der Waals surface area contributed by atoms with E-state index < -0.39 is 120 Å². The van der Waals surface area contributed by atoms with Crippen LogP contribution in [0.1, 0.15) is 88.5 Å².